The van der Waals surface area contributed by atoms with Crippen molar-refractivity contribution >= 4 is 33.5 Å². The molecule has 0 saturated heterocycles. The quantitative estimate of drug-likeness (QED) is 0.225. The van der Waals surface area contributed by atoms with E-state index in [-0.39, 0.29) is 17.4 Å². The molecule has 0 spiro atoms. The Balaban J connectivity index is 1.46. The van der Waals surface area contributed by atoms with Gasteiger partial charge in [0, 0.05) is 22.5 Å². The zero-order valence-corrected chi connectivity index (χ0v) is 23.5. The van der Waals surface area contributed by atoms with Gasteiger partial charge in [-0.15, -0.1) is 0 Å². The highest BCUT2D eigenvalue weighted by Crippen LogP contribution is 2.26. The first kappa shape index (κ1) is 27.4. The van der Waals surface area contributed by atoms with E-state index >= 15 is 0 Å². The molecule has 204 valence electrons. The second-order valence-corrected chi connectivity index (χ2v) is 11.8. The van der Waals surface area contributed by atoms with Crippen LogP contribution in [0.5, 0.6) is 0 Å². The van der Waals surface area contributed by atoms with E-state index in [0.29, 0.717) is 16.5 Å². The van der Waals surface area contributed by atoms with Crippen LogP contribution in [0.2, 0.25) is 5.02 Å². The van der Waals surface area contributed by atoms with Crippen molar-refractivity contribution in [3.8, 4) is 16.9 Å². The molecule has 0 fully saturated rings. The molecule has 0 saturated carbocycles. The molecule has 0 aliphatic carbocycles. The Morgan fingerprint density at radius 1 is 0.950 bits per heavy atom. The third kappa shape index (κ3) is 6.17. The third-order valence-corrected chi connectivity index (χ3v) is 8.36. The molecule has 0 aliphatic heterocycles. The van der Waals surface area contributed by atoms with Gasteiger partial charge in [0.05, 0.1) is 29.9 Å². The van der Waals surface area contributed by atoms with Crippen LogP contribution in [0.4, 0.5) is 5.95 Å². The fraction of sp³-hybridized carbons (Fsp3) is 0.133. The average Bonchev–Trinajstić information content (AvgIpc) is 3.60. The van der Waals surface area contributed by atoms with Crippen LogP contribution >= 0.6 is 11.6 Å². The van der Waals surface area contributed by atoms with Crippen LogP contribution in [0.1, 0.15) is 16.9 Å². The van der Waals surface area contributed by atoms with Gasteiger partial charge in [-0.25, -0.2) is 13.4 Å². The van der Waals surface area contributed by atoms with Gasteiger partial charge < -0.3 is 4.42 Å². The third-order valence-electron chi connectivity index (χ3n) is 6.30. The van der Waals surface area contributed by atoms with E-state index in [1.807, 2.05) is 68.6 Å². The molecule has 2 aromatic heterocycles. The minimum atomic E-state index is -4.06. The number of halogens is 1. The van der Waals surface area contributed by atoms with Gasteiger partial charge >= 0.3 is 0 Å². The van der Waals surface area contributed by atoms with Gasteiger partial charge in [-0.3, -0.25) is 14.7 Å². The summed E-state index contributed by atoms with van der Waals surface area (Å²) in [5.41, 5.74) is 4.56. The van der Waals surface area contributed by atoms with Crippen LogP contribution < -0.4 is 5.32 Å². The Labute approximate surface area is 237 Å². The average molecular weight is 575 g/mol. The maximum atomic E-state index is 13.5. The number of hydrogen-bond donors (Lipinski definition) is 1. The molecule has 0 unspecified atom stereocenters. The lowest BCUT2D eigenvalue weighted by atomic mass is 10.1. The molecule has 40 heavy (non-hydrogen) atoms. The first-order valence-electron chi connectivity index (χ1n) is 12.5. The smallest absolute Gasteiger partial charge is 0.243 e. The maximum absolute atomic E-state index is 13.5. The lowest BCUT2D eigenvalue weighted by Gasteiger charge is -2.21. The number of rotatable bonds is 9. The van der Waals surface area contributed by atoms with Gasteiger partial charge in [0.2, 0.25) is 21.9 Å². The number of imidazole rings is 1. The topological polar surface area (TPSA) is 97.4 Å². The summed E-state index contributed by atoms with van der Waals surface area (Å²) in [5.74, 6) is 0.109. The van der Waals surface area contributed by atoms with Crippen molar-refractivity contribution in [1.82, 2.24) is 13.9 Å². The molecule has 3 aromatic carbocycles. The van der Waals surface area contributed by atoms with Crippen molar-refractivity contribution in [2.24, 2.45) is 0 Å². The van der Waals surface area contributed by atoms with Gasteiger partial charge in [-0.2, -0.15) is 4.31 Å². The summed E-state index contributed by atoms with van der Waals surface area (Å²) in [6.07, 6.45) is 3.30. The van der Waals surface area contributed by atoms with E-state index in [0.717, 1.165) is 26.7 Å². The Hall–Kier alpha value is -4.18. The lowest BCUT2D eigenvalue weighted by Crippen LogP contribution is -2.37. The van der Waals surface area contributed by atoms with Crippen molar-refractivity contribution in [2.75, 3.05) is 11.9 Å². The SMILES string of the molecule is Cc1ccc(-c2cn(-c3ccc(C)cc3)c(NC(=O)CN(Cc3ccco3)S(=O)(=O)c3ccc(Cl)cc3)n2)cc1. The van der Waals surface area contributed by atoms with E-state index in [1.54, 1.807) is 16.7 Å². The highest BCUT2D eigenvalue weighted by Gasteiger charge is 2.28. The molecular formula is C30H27ClN4O4S. The molecule has 5 aromatic rings. The van der Waals surface area contributed by atoms with E-state index in [9.17, 15) is 13.2 Å². The van der Waals surface area contributed by atoms with Crippen molar-refractivity contribution < 1.29 is 17.6 Å². The van der Waals surface area contributed by atoms with E-state index in [1.165, 1.54) is 30.5 Å². The number of anilines is 1. The van der Waals surface area contributed by atoms with Gasteiger partial charge in [0.25, 0.3) is 0 Å². The number of aryl methyl sites for hydroxylation is 2. The number of nitrogens with one attached hydrogen (secondary N) is 1. The molecule has 0 atom stereocenters. The van der Waals surface area contributed by atoms with Crippen LogP contribution in [-0.2, 0) is 21.4 Å². The standard InChI is InChI=1S/C30H27ClN4O4S/c1-21-5-9-23(10-6-21)28-19-35(25-13-7-22(2)8-14-25)30(32-28)33-29(36)20-34(18-26-4-3-17-39-26)40(37,38)27-15-11-24(31)12-16-27/h3-17,19H,18,20H2,1-2H3,(H,32,33,36). The van der Waals surface area contributed by atoms with Crippen molar-refractivity contribution in [1.29, 1.82) is 0 Å². The Morgan fingerprint density at radius 3 is 2.23 bits per heavy atom. The number of benzene rings is 3. The summed E-state index contributed by atoms with van der Waals surface area (Å²) in [7, 11) is -4.06. The van der Waals surface area contributed by atoms with E-state index in [2.05, 4.69) is 5.32 Å². The highest BCUT2D eigenvalue weighted by molar-refractivity contribution is 7.89. The molecule has 5 rings (SSSR count). The Kier molecular flexibility index (Phi) is 7.88. The normalized spacial score (nSPS) is 11.6. The highest BCUT2D eigenvalue weighted by atomic mass is 35.5. The first-order chi connectivity index (χ1) is 19.2. The number of hydrogen-bond acceptors (Lipinski definition) is 5. The predicted molar refractivity (Wildman–Crippen MR) is 155 cm³/mol. The summed E-state index contributed by atoms with van der Waals surface area (Å²) in [6, 6.07) is 24.8. The minimum absolute atomic E-state index is 0.0130. The number of sulfonamides is 1. The van der Waals surface area contributed by atoms with Gasteiger partial charge in [-0.1, -0.05) is 59.1 Å². The van der Waals surface area contributed by atoms with E-state index in [4.69, 9.17) is 21.0 Å². The molecule has 1 N–H and O–H groups in total. The lowest BCUT2D eigenvalue weighted by molar-refractivity contribution is -0.116. The number of nitrogens with zero attached hydrogens (tertiary/aromatic N) is 3. The second-order valence-electron chi connectivity index (χ2n) is 9.38. The second kappa shape index (κ2) is 11.5. The molecule has 8 nitrogen and oxygen atoms in total. The number of furan rings is 1. The predicted octanol–water partition coefficient (Wildman–Crippen LogP) is 6.23. The maximum Gasteiger partial charge on any atom is 0.243 e. The van der Waals surface area contributed by atoms with Gasteiger partial charge in [0.15, 0.2) is 0 Å². The zero-order valence-electron chi connectivity index (χ0n) is 21.9. The summed E-state index contributed by atoms with van der Waals surface area (Å²) >= 11 is 5.96. The van der Waals surface area contributed by atoms with Crippen LogP contribution in [0.3, 0.4) is 0 Å². The van der Waals surface area contributed by atoms with Gasteiger partial charge in [-0.05, 0) is 62.4 Å². The van der Waals surface area contributed by atoms with E-state index < -0.39 is 22.5 Å². The van der Waals surface area contributed by atoms with Crippen LogP contribution in [-0.4, -0.2) is 34.7 Å². The molecule has 0 aliphatic rings. The van der Waals surface area contributed by atoms with Crippen LogP contribution in [0.25, 0.3) is 16.9 Å². The fourth-order valence-electron chi connectivity index (χ4n) is 4.12. The number of aromatic nitrogens is 2. The van der Waals surface area contributed by atoms with Crippen molar-refractivity contribution in [2.45, 2.75) is 25.3 Å². The van der Waals surface area contributed by atoms with Crippen molar-refractivity contribution in [3.63, 3.8) is 0 Å². The zero-order chi connectivity index (χ0) is 28.3. The number of amides is 1. The Bertz CT molecular complexity index is 1710. The van der Waals surface area contributed by atoms with Gasteiger partial charge in [0.1, 0.15) is 5.76 Å². The summed E-state index contributed by atoms with van der Waals surface area (Å²) in [4.78, 5) is 18.1. The molecule has 1 amide bonds. The molecular weight excluding hydrogens is 548 g/mol. The molecule has 0 bridgehead atoms. The molecule has 2 heterocycles. The molecule has 0 radical (unpaired) electrons. The summed E-state index contributed by atoms with van der Waals surface area (Å²) in [5, 5.41) is 3.23. The summed E-state index contributed by atoms with van der Waals surface area (Å²) in [6.45, 7) is 3.40. The fourth-order valence-corrected chi connectivity index (χ4v) is 5.60. The van der Waals surface area contributed by atoms with Crippen LogP contribution in [0, 0.1) is 13.8 Å². The monoisotopic (exact) mass is 574 g/mol. The number of carbonyl (C=O) groups excluding carboxylic acids is 1. The largest absolute Gasteiger partial charge is 0.468 e. The first-order valence-corrected chi connectivity index (χ1v) is 14.3. The minimum Gasteiger partial charge on any atom is -0.468 e. The van der Waals surface area contributed by atoms with Crippen LogP contribution in [0.15, 0.2) is 107 Å². The van der Waals surface area contributed by atoms with Crippen molar-refractivity contribution in [3.05, 3.63) is 119 Å². The summed E-state index contributed by atoms with van der Waals surface area (Å²) < 4.78 is 35.3. The number of carbonyl (C=O) groups is 1. The molecule has 10 heteroatoms. The Morgan fingerprint density at radius 2 is 1.60 bits per heavy atom.